The second-order valence-corrected chi connectivity index (χ2v) is 5.73. The lowest BCUT2D eigenvalue weighted by atomic mass is 10.2. The summed E-state index contributed by atoms with van der Waals surface area (Å²) in [6.07, 6.45) is 1.32. The number of amides is 2. The zero-order valence-corrected chi connectivity index (χ0v) is 13.6. The summed E-state index contributed by atoms with van der Waals surface area (Å²) in [5, 5.41) is 9.31. The first-order valence-electron chi connectivity index (χ1n) is 8.02. The summed E-state index contributed by atoms with van der Waals surface area (Å²) in [6.45, 7) is 0. The molecule has 2 heterocycles. The molecule has 2 N–H and O–H groups in total. The zero-order valence-electron chi connectivity index (χ0n) is 13.6. The minimum absolute atomic E-state index is 0.0234. The van der Waals surface area contributed by atoms with E-state index in [9.17, 15) is 9.59 Å². The lowest BCUT2D eigenvalue weighted by Crippen LogP contribution is -2.23. The molecule has 1 atom stereocenters. The molecule has 8 nitrogen and oxygen atoms in total. The fourth-order valence-corrected chi connectivity index (χ4v) is 2.67. The number of benzene rings is 2. The second kappa shape index (κ2) is 6.67. The molecule has 0 aliphatic carbocycles. The fourth-order valence-electron chi connectivity index (χ4n) is 2.67. The summed E-state index contributed by atoms with van der Waals surface area (Å²) >= 11 is 0. The second-order valence-electron chi connectivity index (χ2n) is 5.73. The Morgan fingerprint density at radius 1 is 1.12 bits per heavy atom. The maximum Gasteiger partial charge on any atom is 0.252 e. The van der Waals surface area contributed by atoms with Crippen LogP contribution >= 0.6 is 0 Å². The molecule has 2 amide bonds. The molecular weight excluding hydrogens is 334 g/mol. The van der Waals surface area contributed by atoms with Gasteiger partial charge >= 0.3 is 0 Å². The van der Waals surface area contributed by atoms with Crippen molar-refractivity contribution in [3.05, 3.63) is 60.9 Å². The third kappa shape index (κ3) is 3.25. The number of aromatic nitrogens is 3. The maximum atomic E-state index is 12.2. The predicted octanol–water partition coefficient (Wildman–Crippen LogP) is 2.59. The van der Waals surface area contributed by atoms with Gasteiger partial charge in [0.25, 0.3) is 5.91 Å². The fraction of sp³-hybridized carbons (Fsp3) is 0.111. The first-order chi connectivity index (χ1) is 12.7. The minimum atomic E-state index is -0.687. The van der Waals surface area contributed by atoms with E-state index in [0.29, 0.717) is 17.4 Å². The van der Waals surface area contributed by atoms with Crippen LogP contribution < -0.4 is 15.4 Å². The molecule has 1 aliphatic heterocycles. The van der Waals surface area contributed by atoms with Gasteiger partial charge < -0.3 is 10.1 Å². The number of hydrogen-bond acceptors (Lipinski definition) is 5. The Hall–Kier alpha value is -3.68. The smallest absolute Gasteiger partial charge is 0.252 e. The van der Waals surface area contributed by atoms with Crippen LogP contribution in [0.3, 0.4) is 0 Å². The van der Waals surface area contributed by atoms with Crippen molar-refractivity contribution in [2.24, 2.45) is 0 Å². The van der Waals surface area contributed by atoms with Gasteiger partial charge in [0.15, 0.2) is 0 Å². The molecule has 2 aromatic carbocycles. The van der Waals surface area contributed by atoms with Gasteiger partial charge in [0.05, 0.1) is 6.42 Å². The van der Waals surface area contributed by atoms with E-state index in [0.717, 1.165) is 5.75 Å². The van der Waals surface area contributed by atoms with Gasteiger partial charge in [-0.3, -0.25) is 14.9 Å². The molecule has 8 heteroatoms. The van der Waals surface area contributed by atoms with Crippen LogP contribution in [0.15, 0.2) is 60.9 Å². The number of hydrogen-bond donors (Lipinski definition) is 2. The first-order valence-corrected chi connectivity index (χ1v) is 8.02. The normalized spacial score (nSPS) is 15.2. The number of anilines is 2. The van der Waals surface area contributed by atoms with Crippen molar-refractivity contribution in [1.82, 2.24) is 14.8 Å². The topological polar surface area (TPSA) is 98.1 Å². The highest BCUT2D eigenvalue weighted by Crippen LogP contribution is 2.25. The van der Waals surface area contributed by atoms with Crippen LogP contribution in [0.25, 0.3) is 0 Å². The van der Waals surface area contributed by atoms with E-state index >= 15 is 0 Å². The number of ether oxygens (including phenoxy) is 1. The van der Waals surface area contributed by atoms with Crippen molar-refractivity contribution in [1.29, 1.82) is 0 Å². The number of carbonyl (C=O) groups is 2. The number of carbonyl (C=O) groups excluding carboxylic acids is 2. The Labute approximate surface area is 148 Å². The summed E-state index contributed by atoms with van der Waals surface area (Å²) in [7, 11) is 0. The summed E-state index contributed by atoms with van der Waals surface area (Å²) in [5.74, 6) is 1.18. The van der Waals surface area contributed by atoms with Crippen molar-refractivity contribution in [3.63, 3.8) is 0 Å². The monoisotopic (exact) mass is 349 g/mol. The van der Waals surface area contributed by atoms with E-state index < -0.39 is 6.04 Å². The van der Waals surface area contributed by atoms with Crippen molar-refractivity contribution < 1.29 is 14.3 Å². The Morgan fingerprint density at radius 2 is 1.85 bits per heavy atom. The van der Waals surface area contributed by atoms with E-state index in [-0.39, 0.29) is 18.2 Å². The molecule has 0 bridgehead atoms. The number of nitrogens with zero attached hydrogens (tertiary/aromatic N) is 3. The van der Waals surface area contributed by atoms with Gasteiger partial charge in [-0.05, 0) is 36.4 Å². The van der Waals surface area contributed by atoms with Crippen LogP contribution in [-0.4, -0.2) is 26.6 Å². The summed E-state index contributed by atoms with van der Waals surface area (Å²) < 4.78 is 7.12. The zero-order chi connectivity index (χ0) is 17.9. The van der Waals surface area contributed by atoms with Crippen LogP contribution in [0.5, 0.6) is 11.5 Å². The molecule has 0 saturated heterocycles. The Balaban J connectivity index is 1.37. The molecule has 3 aromatic rings. The van der Waals surface area contributed by atoms with E-state index in [2.05, 4.69) is 20.7 Å². The average molecular weight is 349 g/mol. The molecule has 0 saturated carbocycles. The van der Waals surface area contributed by atoms with Crippen molar-refractivity contribution >= 4 is 23.5 Å². The van der Waals surface area contributed by atoms with Gasteiger partial charge in [0, 0.05) is 5.69 Å². The largest absolute Gasteiger partial charge is 0.457 e. The lowest BCUT2D eigenvalue weighted by Gasteiger charge is -2.10. The van der Waals surface area contributed by atoms with Crippen molar-refractivity contribution in [2.75, 3.05) is 10.6 Å². The van der Waals surface area contributed by atoms with Gasteiger partial charge in [-0.1, -0.05) is 18.2 Å². The molecule has 0 fully saturated rings. The molecule has 4 rings (SSSR count). The Morgan fingerprint density at radius 3 is 2.62 bits per heavy atom. The lowest BCUT2D eigenvalue weighted by molar-refractivity contribution is -0.123. The van der Waals surface area contributed by atoms with E-state index in [1.54, 1.807) is 24.3 Å². The van der Waals surface area contributed by atoms with Crippen LogP contribution in [0.2, 0.25) is 0 Å². The number of rotatable bonds is 5. The summed E-state index contributed by atoms with van der Waals surface area (Å²) in [4.78, 5) is 28.0. The molecule has 0 spiro atoms. The van der Waals surface area contributed by atoms with Crippen LogP contribution in [-0.2, 0) is 9.59 Å². The number of fused-ring (bicyclic) bond motifs is 1. The van der Waals surface area contributed by atoms with Crippen LogP contribution in [0, 0.1) is 0 Å². The molecule has 0 unspecified atom stereocenters. The van der Waals surface area contributed by atoms with E-state index in [4.69, 9.17) is 4.74 Å². The number of para-hydroxylation sites is 1. The van der Waals surface area contributed by atoms with Gasteiger partial charge in [0.2, 0.25) is 11.9 Å². The maximum absolute atomic E-state index is 12.2. The van der Waals surface area contributed by atoms with Gasteiger partial charge in [-0.15, -0.1) is 0 Å². The predicted molar refractivity (Wildman–Crippen MR) is 93.9 cm³/mol. The number of nitrogens with one attached hydrogen (secondary N) is 2. The van der Waals surface area contributed by atoms with Gasteiger partial charge in [0.1, 0.15) is 23.9 Å². The molecule has 1 aromatic heterocycles. The Kier molecular flexibility index (Phi) is 4.06. The highest BCUT2D eigenvalue weighted by molar-refractivity contribution is 6.00. The molecule has 26 heavy (non-hydrogen) atoms. The van der Waals surface area contributed by atoms with Crippen LogP contribution in [0.1, 0.15) is 12.5 Å². The van der Waals surface area contributed by atoms with Gasteiger partial charge in [-0.25, -0.2) is 4.68 Å². The third-order valence-electron chi connectivity index (χ3n) is 3.90. The van der Waals surface area contributed by atoms with Crippen LogP contribution in [0.4, 0.5) is 11.6 Å². The third-order valence-corrected chi connectivity index (χ3v) is 3.90. The van der Waals surface area contributed by atoms with Crippen molar-refractivity contribution in [3.8, 4) is 11.5 Å². The Bertz CT molecular complexity index is 937. The van der Waals surface area contributed by atoms with Crippen molar-refractivity contribution in [2.45, 2.75) is 12.5 Å². The van der Waals surface area contributed by atoms with Gasteiger partial charge in [-0.2, -0.15) is 10.1 Å². The molecule has 1 aliphatic rings. The highest BCUT2D eigenvalue weighted by atomic mass is 16.5. The highest BCUT2D eigenvalue weighted by Gasteiger charge is 2.33. The first kappa shape index (κ1) is 15.8. The summed E-state index contributed by atoms with van der Waals surface area (Å²) in [5.41, 5.74) is 0.618. The molecule has 0 radical (unpaired) electrons. The minimum Gasteiger partial charge on any atom is -0.457 e. The molecule has 130 valence electrons. The standard InChI is InChI=1S/C18H15N5O3/c24-16(10-15-17(25)22-18-19-11-20-23(15)18)21-12-6-8-14(9-7-12)26-13-4-2-1-3-5-13/h1-9,11,15H,10H2,(H,21,24)(H,19,20,22,25)/t15-/m1/s1. The summed E-state index contributed by atoms with van der Waals surface area (Å²) in [6, 6.07) is 15.7. The molecular formula is C18H15N5O3. The van der Waals surface area contributed by atoms with E-state index in [1.165, 1.54) is 11.0 Å². The van der Waals surface area contributed by atoms with E-state index in [1.807, 2.05) is 30.3 Å². The quantitative estimate of drug-likeness (QED) is 0.738. The SMILES string of the molecule is O=C(C[C@@H]1C(=O)Nc2ncnn21)Nc1ccc(Oc2ccccc2)cc1. The average Bonchev–Trinajstić information content (AvgIpc) is 3.20.